The van der Waals surface area contributed by atoms with Crippen LogP contribution in [0.15, 0.2) is 48.9 Å². The van der Waals surface area contributed by atoms with Gasteiger partial charge >= 0.3 is 0 Å². The van der Waals surface area contributed by atoms with Crippen LogP contribution in [0.25, 0.3) is 11.4 Å². The third-order valence-corrected chi connectivity index (χ3v) is 2.86. The van der Waals surface area contributed by atoms with Crippen LogP contribution in [0.3, 0.4) is 0 Å². The van der Waals surface area contributed by atoms with Gasteiger partial charge in [-0.25, -0.2) is 14.4 Å². The van der Waals surface area contributed by atoms with Gasteiger partial charge in [0.15, 0.2) is 5.82 Å². The minimum atomic E-state index is -0.246. The van der Waals surface area contributed by atoms with E-state index in [2.05, 4.69) is 15.1 Å². The number of nitrogen functional groups attached to an aromatic ring is 1. The van der Waals surface area contributed by atoms with Gasteiger partial charge in [-0.1, -0.05) is 18.2 Å². The molecule has 1 aromatic carbocycles. The molecule has 0 aliphatic carbocycles. The Bertz CT molecular complexity index is 738. The highest BCUT2D eigenvalue weighted by Crippen LogP contribution is 2.15. The molecular weight excluding hydrogens is 257 g/mol. The number of halogens is 1. The normalized spacial score (nSPS) is 10.7. The summed E-state index contributed by atoms with van der Waals surface area (Å²) in [5.74, 6) is 0.659. The van der Waals surface area contributed by atoms with E-state index >= 15 is 0 Å². The number of aromatic nitrogens is 4. The fourth-order valence-corrected chi connectivity index (χ4v) is 1.88. The molecule has 0 fully saturated rings. The molecule has 0 aliphatic rings. The average molecular weight is 269 g/mol. The average Bonchev–Trinajstić information content (AvgIpc) is 2.90. The lowest BCUT2D eigenvalue weighted by atomic mass is 10.2. The molecule has 0 aliphatic heterocycles. The second-order valence-electron chi connectivity index (χ2n) is 4.32. The lowest BCUT2D eigenvalue weighted by molar-refractivity contribution is 0.585. The molecule has 0 radical (unpaired) electrons. The van der Waals surface area contributed by atoms with E-state index in [1.807, 2.05) is 0 Å². The number of nitrogens with two attached hydrogens (primary N) is 1. The topological polar surface area (TPSA) is 69.6 Å². The molecule has 6 heteroatoms. The summed E-state index contributed by atoms with van der Waals surface area (Å²) in [7, 11) is 0. The number of rotatable bonds is 3. The van der Waals surface area contributed by atoms with Crippen LogP contribution in [0, 0.1) is 5.82 Å². The van der Waals surface area contributed by atoms with Gasteiger partial charge in [0.25, 0.3) is 0 Å². The van der Waals surface area contributed by atoms with Crippen LogP contribution >= 0.6 is 0 Å². The van der Waals surface area contributed by atoms with Crippen molar-refractivity contribution >= 4 is 5.82 Å². The zero-order valence-corrected chi connectivity index (χ0v) is 10.6. The number of anilines is 1. The standard InChI is InChI=1S/C14H12FN5/c15-12-4-2-1-3-10(12)8-20-9-11(7-18-20)14-17-6-5-13(16)19-14/h1-7,9H,8H2,(H2,16,17,19). The molecule has 0 atom stereocenters. The molecule has 0 unspecified atom stereocenters. The molecule has 3 aromatic rings. The third kappa shape index (κ3) is 2.49. The molecule has 0 amide bonds. The van der Waals surface area contributed by atoms with Gasteiger partial charge in [0.05, 0.1) is 18.3 Å². The van der Waals surface area contributed by atoms with E-state index in [0.29, 0.717) is 23.8 Å². The Balaban J connectivity index is 1.86. The van der Waals surface area contributed by atoms with E-state index in [1.54, 1.807) is 47.5 Å². The van der Waals surface area contributed by atoms with E-state index in [-0.39, 0.29) is 5.82 Å². The third-order valence-electron chi connectivity index (χ3n) is 2.86. The summed E-state index contributed by atoms with van der Waals surface area (Å²) < 4.78 is 15.2. The highest BCUT2D eigenvalue weighted by molar-refractivity contribution is 5.53. The second kappa shape index (κ2) is 5.08. The molecule has 2 N–H and O–H groups in total. The smallest absolute Gasteiger partial charge is 0.164 e. The Morgan fingerprint density at radius 3 is 2.85 bits per heavy atom. The Labute approximate surface area is 114 Å². The van der Waals surface area contributed by atoms with Gasteiger partial charge in [-0.3, -0.25) is 4.68 Å². The molecule has 2 heterocycles. The summed E-state index contributed by atoms with van der Waals surface area (Å²) >= 11 is 0. The Morgan fingerprint density at radius 2 is 2.05 bits per heavy atom. The van der Waals surface area contributed by atoms with Crippen molar-refractivity contribution < 1.29 is 4.39 Å². The van der Waals surface area contributed by atoms with E-state index in [1.165, 1.54) is 6.07 Å². The van der Waals surface area contributed by atoms with Crippen molar-refractivity contribution in [2.75, 3.05) is 5.73 Å². The van der Waals surface area contributed by atoms with Gasteiger partial charge < -0.3 is 5.73 Å². The van der Waals surface area contributed by atoms with E-state index in [0.717, 1.165) is 5.56 Å². The lowest BCUT2D eigenvalue weighted by Crippen LogP contribution is -2.01. The van der Waals surface area contributed by atoms with Crippen LogP contribution in [0.1, 0.15) is 5.56 Å². The first-order valence-electron chi connectivity index (χ1n) is 6.07. The van der Waals surface area contributed by atoms with Crippen LogP contribution < -0.4 is 5.73 Å². The number of nitrogens with zero attached hydrogens (tertiary/aromatic N) is 4. The minimum Gasteiger partial charge on any atom is -0.384 e. The Morgan fingerprint density at radius 1 is 1.20 bits per heavy atom. The number of benzene rings is 1. The fraction of sp³-hybridized carbons (Fsp3) is 0.0714. The van der Waals surface area contributed by atoms with Crippen molar-refractivity contribution in [3.05, 3.63) is 60.3 Å². The summed E-state index contributed by atoms with van der Waals surface area (Å²) in [6.45, 7) is 0.356. The fourth-order valence-electron chi connectivity index (χ4n) is 1.88. The molecule has 3 rings (SSSR count). The van der Waals surface area contributed by atoms with Gasteiger partial charge in [-0.2, -0.15) is 5.10 Å². The van der Waals surface area contributed by atoms with Crippen molar-refractivity contribution in [2.45, 2.75) is 6.54 Å². The van der Waals surface area contributed by atoms with Crippen molar-refractivity contribution in [3.8, 4) is 11.4 Å². The first-order chi connectivity index (χ1) is 9.72. The SMILES string of the molecule is Nc1ccnc(-c2cnn(Cc3ccccc3F)c2)n1. The van der Waals surface area contributed by atoms with Gasteiger partial charge in [0.1, 0.15) is 11.6 Å². The maximum atomic E-state index is 13.6. The summed E-state index contributed by atoms with van der Waals surface area (Å²) in [5.41, 5.74) is 6.94. The molecule has 20 heavy (non-hydrogen) atoms. The first-order valence-corrected chi connectivity index (χ1v) is 6.07. The Hall–Kier alpha value is -2.76. The Kier molecular flexibility index (Phi) is 3.12. The predicted molar refractivity (Wildman–Crippen MR) is 73.2 cm³/mol. The van der Waals surface area contributed by atoms with E-state index in [9.17, 15) is 4.39 Å². The van der Waals surface area contributed by atoms with Crippen LogP contribution in [0.2, 0.25) is 0 Å². The zero-order chi connectivity index (χ0) is 13.9. The maximum absolute atomic E-state index is 13.6. The van der Waals surface area contributed by atoms with Crippen molar-refractivity contribution in [3.63, 3.8) is 0 Å². The minimum absolute atomic E-state index is 0.246. The number of hydrogen-bond donors (Lipinski definition) is 1. The summed E-state index contributed by atoms with van der Waals surface area (Å²) in [6, 6.07) is 8.24. The second-order valence-corrected chi connectivity index (χ2v) is 4.32. The summed E-state index contributed by atoms with van der Waals surface area (Å²) in [5, 5.41) is 4.19. The largest absolute Gasteiger partial charge is 0.384 e. The van der Waals surface area contributed by atoms with Gasteiger partial charge in [0.2, 0.25) is 0 Å². The molecular formula is C14H12FN5. The van der Waals surface area contributed by atoms with Crippen molar-refractivity contribution in [1.82, 2.24) is 19.7 Å². The van der Waals surface area contributed by atoms with Gasteiger partial charge in [-0.15, -0.1) is 0 Å². The van der Waals surface area contributed by atoms with Crippen molar-refractivity contribution in [1.29, 1.82) is 0 Å². The van der Waals surface area contributed by atoms with E-state index in [4.69, 9.17) is 5.73 Å². The monoisotopic (exact) mass is 269 g/mol. The molecule has 0 saturated carbocycles. The van der Waals surface area contributed by atoms with Crippen LogP contribution in [0.5, 0.6) is 0 Å². The molecule has 0 spiro atoms. The maximum Gasteiger partial charge on any atom is 0.164 e. The van der Waals surface area contributed by atoms with E-state index < -0.39 is 0 Å². The van der Waals surface area contributed by atoms with Crippen molar-refractivity contribution in [2.24, 2.45) is 0 Å². The molecule has 0 bridgehead atoms. The number of hydrogen-bond acceptors (Lipinski definition) is 4. The van der Waals surface area contributed by atoms with Gasteiger partial charge in [-0.05, 0) is 12.1 Å². The molecule has 100 valence electrons. The quantitative estimate of drug-likeness (QED) is 0.790. The molecule has 2 aromatic heterocycles. The van der Waals surface area contributed by atoms with Crippen LogP contribution in [-0.4, -0.2) is 19.7 Å². The van der Waals surface area contributed by atoms with Crippen LogP contribution in [-0.2, 0) is 6.54 Å². The highest BCUT2D eigenvalue weighted by atomic mass is 19.1. The predicted octanol–water partition coefficient (Wildman–Crippen LogP) is 2.11. The summed E-state index contributed by atoms with van der Waals surface area (Å²) in [4.78, 5) is 8.25. The molecule has 0 saturated heterocycles. The molecule has 5 nitrogen and oxygen atoms in total. The summed E-state index contributed by atoms with van der Waals surface area (Å²) in [6.07, 6.45) is 4.99. The first kappa shape index (κ1) is 12.3. The van der Waals surface area contributed by atoms with Gasteiger partial charge in [0, 0.05) is 18.0 Å². The highest BCUT2D eigenvalue weighted by Gasteiger charge is 2.07. The van der Waals surface area contributed by atoms with Crippen LogP contribution in [0.4, 0.5) is 10.2 Å². The lowest BCUT2D eigenvalue weighted by Gasteiger charge is -2.02. The zero-order valence-electron chi connectivity index (χ0n) is 10.6.